The molecule has 1 unspecified atom stereocenters. The van der Waals surface area contributed by atoms with E-state index in [4.69, 9.17) is 9.47 Å². The van der Waals surface area contributed by atoms with Gasteiger partial charge in [-0.2, -0.15) is 0 Å². The summed E-state index contributed by atoms with van der Waals surface area (Å²) in [5.74, 6) is 1.21. The summed E-state index contributed by atoms with van der Waals surface area (Å²) < 4.78 is 10.9. The summed E-state index contributed by atoms with van der Waals surface area (Å²) in [7, 11) is 3.29. The maximum atomic E-state index is 12.6. The van der Waals surface area contributed by atoms with E-state index in [0.29, 0.717) is 6.54 Å². The van der Waals surface area contributed by atoms with Crippen molar-refractivity contribution in [1.29, 1.82) is 0 Å². The average Bonchev–Trinajstić information content (AvgIpc) is 3.22. The molecule has 1 aliphatic heterocycles. The minimum atomic E-state index is -0.232. The first-order valence-corrected chi connectivity index (χ1v) is 10.6. The molecule has 0 radical (unpaired) electrons. The second-order valence-corrected chi connectivity index (χ2v) is 7.96. The molecule has 0 spiro atoms. The predicted molar refractivity (Wildman–Crippen MR) is 120 cm³/mol. The maximum Gasteiger partial charge on any atom is 0.275 e. The predicted octanol–water partition coefficient (Wildman–Crippen LogP) is 1.80. The lowest BCUT2D eigenvalue weighted by molar-refractivity contribution is -0.910. The summed E-state index contributed by atoms with van der Waals surface area (Å²) in [5, 5.41) is 5.63. The van der Waals surface area contributed by atoms with E-state index >= 15 is 0 Å². The van der Waals surface area contributed by atoms with E-state index in [-0.39, 0.29) is 24.4 Å². The summed E-state index contributed by atoms with van der Waals surface area (Å²) in [4.78, 5) is 26.0. The van der Waals surface area contributed by atoms with Gasteiger partial charge in [-0.1, -0.05) is 12.1 Å². The maximum absolute atomic E-state index is 12.6. The van der Waals surface area contributed by atoms with Gasteiger partial charge in [-0.15, -0.1) is 0 Å². The van der Waals surface area contributed by atoms with Crippen molar-refractivity contribution < 1.29 is 24.0 Å². The largest absolute Gasteiger partial charge is 0.497 e. The number of hydrogen-bond donors (Lipinski definition) is 3. The lowest BCUT2D eigenvalue weighted by atomic mass is 10.0. The standard InChI is InChI=1S/C24H31N3O4/c1-16-7-5-8-20(17(16)2)26-23(28)14-25-24(29)15-27-12-6-9-21(27)19-13-18(30-3)10-11-22(19)31-4/h5,7-8,10-11,13,21H,6,9,12,14-15H2,1-4H3,(H,25,29)(H,26,28)/p+1/t21-/m0/s1. The van der Waals surface area contributed by atoms with Crippen molar-refractivity contribution in [2.24, 2.45) is 0 Å². The number of quaternary nitrogens is 1. The van der Waals surface area contributed by atoms with E-state index in [0.717, 1.165) is 53.3 Å². The number of nitrogens with one attached hydrogen (secondary N) is 3. The number of benzene rings is 2. The van der Waals surface area contributed by atoms with Crippen LogP contribution in [0.25, 0.3) is 0 Å². The first-order valence-electron chi connectivity index (χ1n) is 10.6. The van der Waals surface area contributed by atoms with Crippen molar-refractivity contribution >= 4 is 17.5 Å². The molecule has 1 fully saturated rings. The Morgan fingerprint density at radius 3 is 2.65 bits per heavy atom. The highest BCUT2D eigenvalue weighted by Gasteiger charge is 2.34. The van der Waals surface area contributed by atoms with Gasteiger partial charge in [-0.25, -0.2) is 0 Å². The van der Waals surface area contributed by atoms with E-state index in [2.05, 4.69) is 10.6 Å². The number of likely N-dealkylation sites (tertiary alicyclic amines) is 1. The Bertz CT molecular complexity index is 944. The normalized spacial score (nSPS) is 17.8. The first kappa shape index (κ1) is 22.6. The lowest BCUT2D eigenvalue weighted by Crippen LogP contribution is -3.11. The molecule has 1 heterocycles. The fourth-order valence-corrected chi connectivity index (χ4v) is 4.14. The van der Waals surface area contributed by atoms with Crippen LogP contribution in [0.5, 0.6) is 11.5 Å². The van der Waals surface area contributed by atoms with Crippen LogP contribution in [0.3, 0.4) is 0 Å². The fourth-order valence-electron chi connectivity index (χ4n) is 4.14. The number of aryl methyl sites for hydroxylation is 1. The molecule has 3 N–H and O–H groups in total. The highest BCUT2D eigenvalue weighted by atomic mass is 16.5. The monoisotopic (exact) mass is 426 g/mol. The Hall–Kier alpha value is -3.06. The van der Waals surface area contributed by atoms with Gasteiger partial charge in [-0.3, -0.25) is 9.59 Å². The molecule has 0 saturated carbocycles. The number of rotatable bonds is 8. The molecular formula is C24H32N3O4+. The molecule has 166 valence electrons. The van der Waals surface area contributed by atoms with Gasteiger partial charge in [-0.05, 0) is 49.2 Å². The Labute approximate surface area is 183 Å². The van der Waals surface area contributed by atoms with Crippen LogP contribution in [0.2, 0.25) is 0 Å². The fraction of sp³-hybridized carbons (Fsp3) is 0.417. The van der Waals surface area contributed by atoms with E-state index < -0.39 is 0 Å². The molecule has 1 aliphatic rings. The zero-order valence-electron chi connectivity index (χ0n) is 18.7. The second-order valence-electron chi connectivity index (χ2n) is 7.96. The number of carbonyl (C=O) groups is 2. The third-order valence-corrected chi connectivity index (χ3v) is 6.01. The number of carbonyl (C=O) groups excluding carboxylic acids is 2. The van der Waals surface area contributed by atoms with E-state index in [9.17, 15) is 9.59 Å². The summed E-state index contributed by atoms with van der Waals surface area (Å²) in [5.41, 5.74) is 3.96. The third-order valence-electron chi connectivity index (χ3n) is 6.01. The second kappa shape index (κ2) is 10.3. The first-order chi connectivity index (χ1) is 14.9. The summed E-state index contributed by atoms with van der Waals surface area (Å²) in [6, 6.07) is 11.7. The minimum Gasteiger partial charge on any atom is -0.497 e. The molecule has 0 aromatic heterocycles. The molecule has 7 heteroatoms. The molecule has 0 bridgehead atoms. The highest BCUT2D eigenvalue weighted by Crippen LogP contribution is 2.31. The molecule has 31 heavy (non-hydrogen) atoms. The highest BCUT2D eigenvalue weighted by molar-refractivity contribution is 5.95. The van der Waals surface area contributed by atoms with Crippen molar-refractivity contribution in [2.75, 3.05) is 39.2 Å². The minimum absolute atomic E-state index is 0.0490. The Morgan fingerprint density at radius 1 is 1.10 bits per heavy atom. The quantitative estimate of drug-likeness (QED) is 0.601. The Kier molecular flexibility index (Phi) is 7.52. The van der Waals surface area contributed by atoms with Crippen LogP contribution >= 0.6 is 0 Å². The molecule has 0 aliphatic carbocycles. The number of anilines is 1. The van der Waals surface area contributed by atoms with Crippen LogP contribution in [0.4, 0.5) is 5.69 Å². The Morgan fingerprint density at radius 2 is 1.90 bits per heavy atom. The number of amides is 2. The molecular weight excluding hydrogens is 394 g/mol. The van der Waals surface area contributed by atoms with Crippen LogP contribution < -0.4 is 25.0 Å². The van der Waals surface area contributed by atoms with Crippen molar-refractivity contribution in [2.45, 2.75) is 32.7 Å². The molecule has 7 nitrogen and oxygen atoms in total. The van der Waals surface area contributed by atoms with Crippen LogP contribution in [-0.4, -0.2) is 45.7 Å². The summed E-state index contributed by atoms with van der Waals surface area (Å²) in [6.07, 6.45) is 2.00. The van der Waals surface area contributed by atoms with Crippen LogP contribution in [0, 0.1) is 13.8 Å². The summed E-state index contributed by atoms with van der Waals surface area (Å²) >= 11 is 0. The molecule has 2 amide bonds. The van der Waals surface area contributed by atoms with Gasteiger partial charge in [0.05, 0.1) is 32.9 Å². The van der Waals surface area contributed by atoms with Gasteiger partial charge in [0.25, 0.3) is 5.91 Å². The topological polar surface area (TPSA) is 81.1 Å². The number of ether oxygens (including phenoxy) is 2. The Balaban J connectivity index is 1.57. The van der Waals surface area contributed by atoms with E-state index in [1.165, 1.54) is 4.90 Å². The molecule has 2 aromatic rings. The van der Waals surface area contributed by atoms with E-state index in [1.54, 1.807) is 14.2 Å². The van der Waals surface area contributed by atoms with Gasteiger partial charge in [0.1, 0.15) is 17.5 Å². The molecule has 1 saturated heterocycles. The van der Waals surface area contributed by atoms with Crippen molar-refractivity contribution in [3.63, 3.8) is 0 Å². The smallest absolute Gasteiger partial charge is 0.275 e. The van der Waals surface area contributed by atoms with Gasteiger partial charge in [0.15, 0.2) is 6.54 Å². The van der Waals surface area contributed by atoms with E-state index in [1.807, 2.05) is 50.2 Å². The van der Waals surface area contributed by atoms with Crippen LogP contribution in [0.1, 0.15) is 35.6 Å². The van der Waals surface area contributed by atoms with Crippen LogP contribution in [0.15, 0.2) is 36.4 Å². The van der Waals surface area contributed by atoms with Gasteiger partial charge in [0, 0.05) is 18.5 Å². The summed E-state index contributed by atoms with van der Waals surface area (Å²) in [6.45, 7) is 5.12. The number of hydrogen-bond acceptors (Lipinski definition) is 4. The lowest BCUT2D eigenvalue weighted by Gasteiger charge is -2.23. The van der Waals surface area contributed by atoms with Crippen LogP contribution in [-0.2, 0) is 9.59 Å². The SMILES string of the molecule is COc1ccc(OC)c([C@@H]2CCC[NH+]2CC(=O)NCC(=O)Nc2cccc(C)c2C)c1. The van der Waals surface area contributed by atoms with Gasteiger partial charge < -0.3 is 25.0 Å². The van der Waals surface area contributed by atoms with Gasteiger partial charge in [0.2, 0.25) is 5.91 Å². The van der Waals surface area contributed by atoms with Crippen molar-refractivity contribution in [1.82, 2.24) is 5.32 Å². The number of methoxy groups -OCH3 is 2. The third kappa shape index (κ3) is 5.55. The molecule has 2 atom stereocenters. The van der Waals surface area contributed by atoms with Crippen molar-refractivity contribution in [3.05, 3.63) is 53.1 Å². The van der Waals surface area contributed by atoms with Crippen molar-refractivity contribution in [3.8, 4) is 11.5 Å². The van der Waals surface area contributed by atoms with Gasteiger partial charge >= 0.3 is 0 Å². The average molecular weight is 427 g/mol. The molecule has 3 rings (SSSR count). The zero-order valence-corrected chi connectivity index (χ0v) is 18.7. The zero-order chi connectivity index (χ0) is 22.4. The molecule has 2 aromatic carbocycles.